The number of hydrogen-bond acceptors (Lipinski definition) is 5. The van der Waals surface area contributed by atoms with Gasteiger partial charge < -0.3 is 15.4 Å². The summed E-state index contributed by atoms with van der Waals surface area (Å²) >= 11 is 0. The lowest BCUT2D eigenvalue weighted by atomic mass is 10.2. The van der Waals surface area contributed by atoms with Crippen molar-refractivity contribution in [3.05, 3.63) is 29.8 Å². The van der Waals surface area contributed by atoms with Gasteiger partial charge in [-0.2, -0.15) is 0 Å². The van der Waals surface area contributed by atoms with E-state index >= 15 is 0 Å². The first-order valence-corrected chi connectivity index (χ1v) is 9.48. The Morgan fingerprint density at radius 1 is 1.33 bits per heavy atom. The molecule has 1 saturated heterocycles. The number of sulfonamides is 1. The molecule has 0 saturated carbocycles. The van der Waals surface area contributed by atoms with E-state index in [1.807, 2.05) is 6.92 Å². The number of aryl methyl sites for hydroxylation is 1. The van der Waals surface area contributed by atoms with Crippen LogP contribution in [0, 0.1) is 6.92 Å². The predicted octanol–water partition coefficient (Wildman–Crippen LogP) is 0.238. The lowest BCUT2D eigenvalue weighted by Gasteiger charge is -2.21. The van der Waals surface area contributed by atoms with Crippen LogP contribution in [0.15, 0.2) is 29.2 Å². The molecule has 1 aliphatic heterocycles. The minimum atomic E-state index is -3.57. The van der Waals surface area contributed by atoms with Crippen LogP contribution in [0.4, 0.5) is 0 Å². The third-order valence-corrected chi connectivity index (χ3v) is 5.57. The molecule has 0 aliphatic carbocycles. The maximum absolute atomic E-state index is 12.3. The van der Waals surface area contributed by atoms with E-state index in [0.29, 0.717) is 13.0 Å². The van der Waals surface area contributed by atoms with Gasteiger partial charge in [-0.15, -0.1) is 0 Å². The van der Waals surface area contributed by atoms with Crippen LogP contribution in [-0.2, 0) is 19.6 Å². The number of benzene rings is 1. The van der Waals surface area contributed by atoms with E-state index in [2.05, 4.69) is 4.72 Å². The maximum Gasteiger partial charge on any atom is 0.251 e. The molecule has 1 aromatic carbocycles. The third-order valence-electron chi connectivity index (χ3n) is 4.09. The normalized spacial score (nSPS) is 21.0. The molecule has 3 N–H and O–H groups in total. The van der Waals surface area contributed by atoms with E-state index in [9.17, 15) is 13.2 Å². The fourth-order valence-corrected chi connectivity index (χ4v) is 3.59. The Morgan fingerprint density at radius 2 is 2.00 bits per heavy atom. The van der Waals surface area contributed by atoms with Crippen LogP contribution in [0.3, 0.4) is 0 Å². The van der Waals surface area contributed by atoms with Crippen LogP contribution >= 0.6 is 0 Å². The van der Waals surface area contributed by atoms with Gasteiger partial charge in [0.25, 0.3) is 5.91 Å². The molecule has 0 radical (unpaired) electrons. The van der Waals surface area contributed by atoms with Gasteiger partial charge >= 0.3 is 0 Å². The number of carbonyl (C=O) groups excluding carboxylic acids is 1. The number of ether oxygens (including phenoxy) is 1. The van der Waals surface area contributed by atoms with Crippen molar-refractivity contribution in [3.63, 3.8) is 0 Å². The summed E-state index contributed by atoms with van der Waals surface area (Å²) in [7, 11) is -1.93. The first-order chi connectivity index (χ1) is 11.3. The van der Waals surface area contributed by atoms with Crippen LogP contribution in [0.1, 0.15) is 18.4 Å². The zero-order valence-corrected chi connectivity index (χ0v) is 14.9. The number of nitrogens with zero attached hydrogens (tertiary/aromatic N) is 1. The van der Waals surface area contributed by atoms with E-state index in [4.69, 9.17) is 10.5 Å². The molecule has 2 atom stereocenters. The van der Waals surface area contributed by atoms with Gasteiger partial charge in [-0.05, 0) is 31.9 Å². The zero-order valence-electron chi connectivity index (χ0n) is 14.1. The largest absolute Gasteiger partial charge is 0.364 e. The first-order valence-electron chi connectivity index (χ1n) is 8.00. The summed E-state index contributed by atoms with van der Waals surface area (Å²) in [5.41, 5.74) is 6.53. The first kappa shape index (κ1) is 18.9. The summed E-state index contributed by atoms with van der Waals surface area (Å²) in [6.45, 7) is 2.72. The average Bonchev–Trinajstić information content (AvgIpc) is 3.03. The smallest absolute Gasteiger partial charge is 0.251 e. The van der Waals surface area contributed by atoms with Gasteiger partial charge in [0, 0.05) is 26.7 Å². The number of carbonyl (C=O) groups is 1. The molecule has 1 heterocycles. The van der Waals surface area contributed by atoms with Gasteiger partial charge in [0.15, 0.2) is 0 Å². The van der Waals surface area contributed by atoms with Crippen molar-refractivity contribution in [2.24, 2.45) is 5.73 Å². The molecule has 1 aromatic rings. The molecule has 1 aliphatic rings. The molecule has 1 amide bonds. The lowest BCUT2D eigenvalue weighted by Crippen LogP contribution is -2.41. The van der Waals surface area contributed by atoms with E-state index in [0.717, 1.165) is 12.0 Å². The Balaban J connectivity index is 1.82. The van der Waals surface area contributed by atoms with Crippen molar-refractivity contribution in [1.82, 2.24) is 9.62 Å². The van der Waals surface area contributed by atoms with Crippen LogP contribution in [0.5, 0.6) is 0 Å². The van der Waals surface area contributed by atoms with E-state index in [1.165, 1.54) is 4.90 Å². The molecule has 0 spiro atoms. The number of rotatable bonds is 7. The Hall–Kier alpha value is -1.48. The Morgan fingerprint density at radius 3 is 2.58 bits per heavy atom. The van der Waals surface area contributed by atoms with Gasteiger partial charge in [-0.25, -0.2) is 13.1 Å². The SMILES string of the molecule is Cc1ccc(S(=O)(=O)NCCN(C)C(=O)[C@@H]2CC[C@H](CN)O2)cc1. The van der Waals surface area contributed by atoms with Crippen LogP contribution < -0.4 is 10.5 Å². The van der Waals surface area contributed by atoms with Crippen LogP contribution in [-0.4, -0.2) is 58.1 Å². The van der Waals surface area contributed by atoms with Gasteiger partial charge in [0.1, 0.15) is 6.10 Å². The number of hydrogen-bond donors (Lipinski definition) is 2. The standard InChI is InChI=1S/C16H25N3O4S/c1-12-3-6-14(7-4-12)24(21,22)18-9-10-19(2)16(20)15-8-5-13(11-17)23-15/h3-4,6-7,13,15,18H,5,8-11,17H2,1-2H3/t13-,15+/m1/s1. The molecular weight excluding hydrogens is 330 g/mol. The van der Waals surface area contributed by atoms with Crippen molar-refractivity contribution in [3.8, 4) is 0 Å². The minimum Gasteiger partial charge on any atom is -0.364 e. The fraction of sp³-hybridized carbons (Fsp3) is 0.562. The van der Waals surface area contributed by atoms with Crippen molar-refractivity contribution in [2.75, 3.05) is 26.7 Å². The van der Waals surface area contributed by atoms with Crippen molar-refractivity contribution >= 4 is 15.9 Å². The third kappa shape index (κ3) is 4.76. The summed E-state index contributed by atoms with van der Waals surface area (Å²) in [5, 5.41) is 0. The van der Waals surface area contributed by atoms with Gasteiger partial charge in [-0.3, -0.25) is 4.79 Å². The minimum absolute atomic E-state index is 0.0626. The molecule has 134 valence electrons. The number of amides is 1. The number of nitrogens with one attached hydrogen (secondary N) is 1. The second kappa shape index (κ2) is 8.06. The highest BCUT2D eigenvalue weighted by Crippen LogP contribution is 2.20. The van der Waals surface area contributed by atoms with Gasteiger partial charge in [0.2, 0.25) is 10.0 Å². The number of nitrogens with two attached hydrogens (primary N) is 1. The quantitative estimate of drug-likeness (QED) is 0.729. The molecular formula is C16H25N3O4S. The van der Waals surface area contributed by atoms with Crippen LogP contribution in [0.2, 0.25) is 0 Å². The van der Waals surface area contributed by atoms with Crippen LogP contribution in [0.25, 0.3) is 0 Å². The molecule has 0 aromatic heterocycles. The topological polar surface area (TPSA) is 102 Å². The lowest BCUT2D eigenvalue weighted by molar-refractivity contribution is -0.141. The molecule has 0 bridgehead atoms. The Labute approximate surface area is 143 Å². The van der Waals surface area contributed by atoms with Gasteiger partial charge in [-0.1, -0.05) is 17.7 Å². The van der Waals surface area contributed by atoms with Gasteiger partial charge in [0.05, 0.1) is 11.0 Å². The van der Waals surface area contributed by atoms with E-state index < -0.39 is 16.1 Å². The number of likely N-dealkylation sites (N-methyl/N-ethyl adjacent to an activating group) is 1. The van der Waals surface area contributed by atoms with Crippen molar-refractivity contribution in [1.29, 1.82) is 0 Å². The molecule has 7 nitrogen and oxygen atoms in total. The molecule has 0 unspecified atom stereocenters. The Kier molecular flexibility index (Phi) is 6.34. The second-order valence-electron chi connectivity index (χ2n) is 6.03. The average molecular weight is 355 g/mol. The van der Waals surface area contributed by atoms with E-state index in [1.54, 1.807) is 31.3 Å². The summed E-state index contributed by atoms with van der Waals surface area (Å²) in [6, 6.07) is 6.61. The second-order valence-corrected chi connectivity index (χ2v) is 7.80. The fourth-order valence-electron chi connectivity index (χ4n) is 2.57. The molecule has 2 rings (SSSR count). The zero-order chi connectivity index (χ0) is 17.7. The van der Waals surface area contributed by atoms with Crippen molar-refractivity contribution < 1.29 is 17.9 Å². The molecule has 1 fully saturated rings. The maximum atomic E-state index is 12.3. The monoisotopic (exact) mass is 355 g/mol. The van der Waals surface area contributed by atoms with Crippen molar-refractivity contribution in [2.45, 2.75) is 36.9 Å². The molecule has 24 heavy (non-hydrogen) atoms. The predicted molar refractivity (Wildman–Crippen MR) is 91.0 cm³/mol. The summed E-state index contributed by atoms with van der Waals surface area (Å²) in [5.74, 6) is -0.138. The molecule has 8 heteroatoms. The summed E-state index contributed by atoms with van der Waals surface area (Å²) in [6.07, 6.45) is 0.894. The highest BCUT2D eigenvalue weighted by Gasteiger charge is 2.31. The highest BCUT2D eigenvalue weighted by molar-refractivity contribution is 7.89. The summed E-state index contributed by atoms with van der Waals surface area (Å²) < 4.78 is 32.4. The highest BCUT2D eigenvalue weighted by atomic mass is 32.2. The Bertz CT molecular complexity index is 660. The van der Waals surface area contributed by atoms with E-state index in [-0.39, 0.29) is 30.0 Å². The summed E-state index contributed by atoms with van der Waals surface area (Å²) in [4.78, 5) is 14.0.